The van der Waals surface area contributed by atoms with Gasteiger partial charge in [0.2, 0.25) is 5.91 Å². The minimum atomic E-state index is -0.345. The summed E-state index contributed by atoms with van der Waals surface area (Å²) in [5, 5.41) is 2.88. The monoisotopic (exact) mass is 258 g/mol. The number of hydrogen-bond donors (Lipinski definition) is 1. The highest BCUT2D eigenvalue weighted by atomic mass is 16.5. The van der Waals surface area contributed by atoms with Crippen LogP contribution in [0.5, 0.6) is 0 Å². The van der Waals surface area contributed by atoms with Gasteiger partial charge in [-0.3, -0.25) is 14.5 Å². The standard InChI is InChI=1S/C13H26N2O3/c1-9(2)7-14-13(17)11(5)15(10(3)4)8-12(16)18-6/h9-11H,7-8H2,1-6H3,(H,14,17). The molecule has 0 aromatic carbocycles. The molecule has 0 rings (SSSR count). The Morgan fingerprint density at radius 2 is 1.72 bits per heavy atom. The predicted octanol–water partition coefficient (Wildman–Crippen LogP) is 1.03. The van der Waals surface area contributed by atoms with Gasteiger partial charge >= 0.3 is 5.97 Å². The molecule has 1 unspecified atom stereocenters. The molecule has 18 heavy (non-hydrogen) atoms. The third-order valence-corrected chi connectivity index (χ3v) is 2.76. The summed E-state index contributed by atoms with van der Waals surface area (Å²) in [6, 6.07) is -0.244. The Bertz CT molecular complexity index is 277. The molecule has 1 amide bonds. The fourth-order valence-corrected chi connectivity index (χ4v) is 1.58. The molecule has 106 valence electrons. The highest BCUT2D eigenvalue weighted by molar-refractivity contribution is 5.82. The molecule has 0 saturated carbocycles. The summed E-state index contributed by atoms with van der Waals surface area (Å²) in [6.07, 6.45) is 0. The van der Waals surface area contributed by atoms with Gasteiger partial charge in [-0.2, -0.15) is 0 Å². The van der Waals surface area contributed by atoms with Gasteiger partial charge in [-0.25, -0.2) is 0 Å². The topological polar surface area (TPSA) is 58.6 Å². The van der Waals surface area contributed by atoms with Crippen molar-refractivity contribution in [2.45, 2.75) is 46.7 Å². The van der Waals surface area contributed by atoms with Crippen LogP contribution in [-0.4, -0.2) is 49.1 Å². The van der Waals surface area contributed by atoms with Crippen LogP contribution in [0.3, 0.4) is 0 Å². The minimum absolute atomic E-state index is 0.0543. The number of esters is 1. The van der Waals surface area contributed by atoms with Crippen LogP contribution in [0.15, 0.2) is 0 Å². The van der Waals surface area contributed by atoms with E-state index in [4.69, 9.17) is 0 Å². The number of nitrogens with zero attached hydrogens (tertiary/aromatic N) is 1. The summed E-state index contributed by atoms with van der Waals surface area (Å²) in [7, 11) is 1.35. The molecule has 0 aromatic rings. The maximum atomic E-state index is 12.0. The molecule has 0 radical (unpaired) electrons. The molecule has 1 N–H and O–H groups in total. The number of methoxy groups -OCH3 is 1. The summed E-state index contributed by atoms with van der Waals surface area (Å²) in [4.78, 5) is 25.1. The van der Waals surface area contributed by atoms with Crippen molar-refractivity contribution in [3.05, 3.63) is 0 Å². The van der Waals surface area contributed by atoms with Crippen molar-refractivity contribution in [1.29, 1.82) is 0 Å². The number of rotatable bonds is 7. The van der Waals surface area contributed by atoms with Crippen LogP contribution in [-0.2, 0) is 14.3 Å². The summed E-state index contributed by atoms with van der Waals surface area (Å²) in [5.41, 5.74) is 0. The summed E-state index contributed by atoms with van der Waals surface area (Å²) in [5.74, 6) is 0.0303. The van der Waals surface area contributed by atoms with E-state index in [0.29, 0.717) is 12.5 Å². The molecule has 1 atom stereocenters. The zero-order chi connectivity index (χ0) is 14.3. The second-order valence-corrected chi connectivity index (χ2v) is 5.16. The van der Waals surface area contributed by atoms with E-state index in [-0.39, 0.29) is 30.5 Å². The van der Waals surface area contributed by atoms with Gasteiger partial charge in [0.1, 0.15) is 0 Å². The van der Waals surface area contributed by atoms with Gasteiger partial charge in [0.05, 0.1) is 19.7 Å². The first kappa shape index (κ1) is 16.9. The van der Waals surface area contributed by atoms with Crippen LogP contribution >= 0.6 is 0 Å². The molecule has 0 saturated heterocycles. The first-order chi connectivity index (χ1) is 8.29. The first-order valence-electron chi connectivity index (χ1n) is 6.39. The number of carbonyl (C=O) groups is 2. The van der Waals surface area contributed by atoms with E-state index in [0.717, 1.165) is 0 Å². The Hall–Kier alpha value is -1.10. The number of ether oxygens (including phenoxy) is 1. The fraction of sp³-hybridized carbons (Fsp3) is 0.846. The summed E-state index contributed by atoms with van der Waals surface area (Å²) < 4.78 is 4.65. The second-order valence-electron chi connectivity index (χ2n) is 5.16. The maximum absolute atomic E-state index is 12.0. The fourth-order valence-electron chi connectivity index (χ4n) is 1.58. The molecular formula is C13H26N2O3. The highest BCUT2D eigenvalue weighted by Crippen LogP contribution is 2.06. The van der Waals surface area contributed by atoms with E-state index in [1.807, 2.05) is 32.6 Å². The molecular weight excluding hydrogens is 232 g/mol. The van der Waals surface area contributed by atoms with Crippen LogP contribution < -0.4 is 5.32 Å². The Balaban J connectivity index is 4.50. The summed E-state index contributed by atoms with van der Waals surface area (Å²) >= 11 is 0. The van der Waals surface area contributed by atoms with Crippen LogP contribution in [0.25, 0.3) is 0 Å². The molecule has 0 fully saturated rings. The van der Waals surface area contributed by atoms with Gasteiger partial charge in [-0.05, 0) is 26.7 Å². The van der Waals surface area contributed by atoms with E-state index >= 15 is 0 Å². The normalized spacial score (nSPS) is 12.9. The smallest absolute Gasteiger partial charge is 0.319 e. The van der Waals surface area contributed by atoms with Gasteiger partial charge in [-0.1, -0.05) is 13.8 Å². The Morgan fingerprint density at radius 3 is 2.11 bits per heavy atom. The molecule has 0 spiro atoms. The number of nitrogens with one attached hydrogen (secondary N) is 1. The van der Waals surface area contributed by atoms with Gasteiger partial charge in [0.25, 0.3) is 0 Å². The Labute approximate surface area is 110 Å². The highest BCUT2D eigenvalue weighted by Gasteiger charge is 2.25. The van der Waals surface area contributed by atoms with Crippen LogP contribution in [0.2, 0.25) is 0 Å². The average molecular weight is 258 g/mol. The number of hydrogen-bond acceptors (Lipinski definition) is 4. The van der Waals surface area contributed by atoms with E-state index in [1.165, 1.54) is 7.11 Å². The molecule has 0 aliphatic rings. The van der Waals surface area contributed by atoms with Crippen LogP contribution in [0, 0.1) is 5.92 Å². The molecule has 0 aromatic heterocycles. The number of amides is 1. The lowest BCUT2D eigenvalue weighted by Gasteiger charge is -2.30. The lowest BCUT2D eigenvalue weighted by Crippen LogP contribution is -2.50. The first-order valence-corrected chi connectivity index (χ1v) is 6.39. The van der Waals surface area contributed by atoms with Gasteiger partial charge < -0.3 is 10.1 Å². The SMILES string of the molecule is COC(=O)CN(C(C)C)C(C)C(=O)NCC(C)C. The van der Waals surface area contributed by atoms with Crippen molar-refractivity contribution in [2.24, 2.45) is 5.92 Å². The van der Waals surface area contributed by atoms with Gasteiger partial charge in [0, 0.05) is 12.6 Å². The third kappa shape index (κ3) is 6.00. The van der Waals surface area contributed by atoms with Gasteiger partial charge in [0.15, 0.2) is 0 Å². The van der Waals surface area contributed by atoms with Crippen molar-refractivity contribution in [3.8, 4) is 0 Å². The van der Waals surface area contributed by atoms with Crippen molar-refractivity contribution in [1.82, 2.24) is 10.2 Å². The molecule has 5 nitrogen and oxygen atoms in total. The van der Waals surface area contributed by atoms with Crippen LogP contribution in [0.1, 0.15) is 34.6 Å². The summed E-state index contributed by atoms with van der Waals surface area (Å²) in [6.45, 7) is 10.6. The van der Waals surface area contributed by atoms with Gasteiger partial charge in [-0.15, -0.1) is 0 Å². The largest absolute Gasteiger partial charge is 0.468 e. The van der Waals surface area contributed by atoms with E-state index in [9.17, 15) is 9.59 Å². The Morgan fingerprint density at radius 1 is 1.17 bits per heavy atom. The molecule has 5 heteroatoms. The quantitative estimate of drug-likeness (QED) is 0.693. The zero-order valence-electron chi connectivity index (χ0n) is 12.3. The van der Waals surface area contributed by atoms with Crippen molar-refractivity contribution >= 4 is 11.9 Å². The molecule has 0 bridgehead atoms. The number of carbonyl (C=O) groups excluding carboxylic acids is 2. The van der Waals surface area contributed by atoms with Crippen molar-refractivity contribution in [3.63, 3.8) is 0 Å². The van der Waals surface area contributed by atoms with E-state index < -0.39 is 0 Å². The third-order valence-electron chi connectivity index (χ3n) is 2.76. The average Bonchev–Trinajstić information content (AvgIpc) is 2.31. The second kappa shape index (κ2) is 8.08. The Kier molecular flexibility index (Phi) is 7.59. The van der Waals surface area contributed by atoms with Crippen molar-refractivity contribution < 1.29 is 14.3 Å². The minimum Gasteiger partial charge on any atom is -0.468 e. The van der Waals surface area contributed by atoms with E-state index in [1.54, 1.807) is 6.92 Å². The van der Waals surface area contributed by atoms with E-state index in [2.05, 4.69) is 10.1 Å². The van der Waals surface area contributed by atoms with Crippen molar-refractivity contribution in [2.75, 3.05) is 20.2 Å². The molecule has 0 aliphatic heterocycles. The molecule has 0 heterocycles. The van der Waals surface area contributed by atoms with Crippen LogP contribution in [0.4, 0.5) is 0 Å². The lowest BCUT2D eigenvalue weighted by atomic mass is 10.2. The molecule has 0 aliphatic carbocycles. The predicted molar refractivity (Wildman–Crippen MR) is 71.2 cm³/mol. The lowest BCUT2D eigenvalue weighted by molar-refractivity contribution is -0.144. The zero-order valence-corrected chi connectivity index (χ0v) is 12.3. The maximum Gasteiger partial charge on any atom is 0.319 e.